The molecule has 0 bridgehead atoms. The van der Waals surface area contributed by atoms with Gasteiger partial charge in [0.15, 0.2) is 0 Å². The minimum absolute atomic E-state index is 0.0745. The molecule has 0 aliphatic heterocycles. The molecule has 0 saturated carbocycles. The molecule has 8 heteroatoms. The first-order valence-corrected chi connectivity index (χ1v) is 9.63. The SMILES string of the molecule is COc1ccc(C)cc1S(=O)(=O)NCCn1nc2c(cc1=O)CCC2. The molecule has 3 rings (SSSR count). The second-order valence-corrected chi connectivity index (χ2v) is 7.82. The molecule has 0 amide bonds. The van der Waals surface area contributed by atoms with Crippen molar-refractivity contribution in [1.29, 1.82) is 0 Å². The molecule has 0 unspecified atom stereocenters. The molecule has 134 valence electrons. The maximum absolute atomic E-state index is 12.5. The number of hydrogen-bond acceptors (Lipinski definition) is 5. The van der Waals surface area contributed by atoms with Crippen molar-refractivity contribution in [3.05, 3.63) is 51.4 Å². The Hall–Kier alpha value is -2.19. The van der Waals surface area contributed by atoms with Crippen LogP contribution in [0.15, 0.2) is 34.0 Å². The molecule has 0 radical (unpaired) electrons. The van der Waals surface area contributed by atoms with Crippen LogP contribution in [-0.4, -0.2) is 31.9 Å². The molecular weight excluding hydrogens is 342 g/mol. The number of ether oxygens (including phenoxy) is 1. The third-order valence-corrected chi connectivity index (χ3v) is 5.73. The first-order chi connectivity index (χ1) is 11.9. The van der Waals surface area contributed by atoms with E-state index in [1.165, 1.54) is 11.8 Å². The lowest BCUT2D eigenvalue weighted by atomic mass is 10.2. The molecule has 0 spiro atoms. The molecule has 1 N–H and O–H groups in total. The van der Waals surface area contributed by atoms with Crippen LogP contribution in [0.1, 0.15) is 23.2 Å². The van der Waals surface area contributed by atoms with Gasteiger partial charge in [-0.25, -0.2) is 17.8 Å². The Morgan fingerprint density at radius 1 is 1.28 bits per heavy atom. The van der Waals surface area contributed by atoms with Crippen molar-refractivity contribution < 1.29 is 13.2 Å². The van der Waals surface area contributed by atoms with E-state index < -0.39 is 10.0 Å². The van der Waals surface area contributed by atoms with Crippen molar-refractivity contribution in [2.75, 3.05) is 13.7 Å². The van der Waals surface area contributed by atoms with Gasteiger partial charge in [-0.3, -0.25) is 4.79 Å². The first kappa shape index (κ1) is 17.6. The summed E-state index contributed by atoms with van der Waals surface area (Å²) in [7, 11) is -2.31. The molecule has 1 aromatic carbocycles. The predicted octanol–water partition coefficient (Wildman–Crippen LogP) is 1.03. The average molecular weight is 363 g/mol. The summed E-state index contributed by atoms with van der Waals surface area (Å²) >= 11 is 0. The average Bonchev–Trinajstić information content (AvgIpc) is 3.02. The zero-order chi connectivity index (χ0) is 18.0. The third kappa shape index (κ3) is 3.74. The van der Waals surface area contributed by atoms with Crippen LogP contribution in [0, 0.1) is 6.92 Å². The minimum atomic E-state index is -3.74. The lowest BCUT2D eigenvalue weighted by Gasteiger charge is -2.12. The number of hydrogen-bond donors (Lipinski definition) is 1. The number of methoxy groups -OCH3 is 1. The van der Waals surface area contributed by atoms with E-state index in [0.717, 1.165) is 36.1 Å². The lowest BCUT2D eigenvalue weighted by molar-refractivity contribution is 0.402. The summed E-state index contributed by atoms with van der Waals surface area (Å²) in [5.41, 5.74) is 2.56. The molecule has 0 fully saturated rings. The van der Waals surface area contributed by atoms with Crippen molar-refractivity contribution in [3.63, 3.8) is 0 Å². The fraction of sp³-hybridized carbons (Fsp3) is 0.412. The first-order valence-electron chi connectivity index (χ1n) is 8.15. The minimum Gasteiger partial charge on any atom is -0.495 e. The van der Waals surface area contributed by atoms with Gasteiger partial charge in [-0.05, 0) is 49.4 Å². The van der Waals surface area contributed by atoms with Crippen molar-refractivity contribution in [2.45, 2.75) is 37.6 Å². The van der Waals surface area contributed by atoms with E-state index in [2.05, 4.69) is 9.82 Å². The Bertz CT molecular complexity index is 951. The Morgan fingerprint density at radius 3 is 2.84 bits per heavy atom. The highest BCUT2D eigenvalue weighted by molar-refractivity contribution is 7.89. The van der Waals surface area contributed by atoms with Crippen molar-refractivity contribution in [3.8, 4) is 5.75 Å². The fourth-order valence-electron chi connectivity index (χ4n) is 2.96. The molecule has 0 saturated heterocycles. The second-order valence-electron chi connectivity index (χ2n) is 6.08. The summed E-state index contributed by atoms with van der Waals surface area (Å²) < 4.78 is 34.0. The van der Waals surface area contributed by atoms with E-state index in [9.17, 15) is 13.2 Å². The van der Waals surface area contributed by atoms with Gasteiger partial charge in [0.25, 0.3) is 5.56 Å². The van der Waals surface area contributed by atoms with Gasteiger partial charge in [0.1, 0.15) is 10.6 Å². The Kier molecular flexibility index (Phi) is 4.91. The monoisotopic (exact) mass is 363 g/mol. The van der Waals surface area contributed by atoms with E-state index in [1.54, 1.807) is 24.3 Å². The maximum Gasteiger partial charge on any atom is 0.267 e. The van der Waals surface area contributed by atoms with E-state index in [4.69, 9.17) is 4.74 Å². The molecule has 1 aliphatic carbocycles. The van der Waals surface area contributed by atoms with Gasteiger partial charge in [-0.1, -0.05) is 6.07 Å². The number of nitrogens with zero attached hydrogens (tertiary/aromatic N) is 2. The zero-order valence-corrected chi connectivity index (χ0v) is 15.1. The normalized spacial score (nSPS) is 13.7. The van der Waals surface area contributed by atoms with Crippen LogP contribution in [0.5, 0.6) is 5.75 Å². The Labute approximate surface area is 146 Å². The van der Waals surface area contributed by atoms with Gasteiger partial charge < -0.3 is 4.74 Å². The summed E-state index contributed by atoms with van der Waals surface area (Å²) in [4.78, 5) is 12.1. The number of benzene rings is 1. The highest BCUT2D eigenvalue weighted by Gasteiger charge is 2.20. The molecule has 1 aromatic heterocycles. The van der Waals surface area contributed by atoms with E-state index in [-0.39, 0.29) is 29.3 Å². The van der Waals surface area contributed by atoms with Crippen LogP contribution in [0.3, 0.4) is 0 Å². The number of nitrogens with one attached hydrogen (secondary N) is 1. The highest BCUT2D eigenvalue weighted by atomic mass is 32.2. The zero-order valence-electron chi connectivity index (χ0n) is 14.3. The van der Waals surface area contributed by atoms with Crippen LogP contribution in [-0.2, 0) is 29.4 Å². The molecule has 1 heterocycles. The van der Waals surface area contributed by atoms with Crippen molar-refractivity contribution >= 4 is 10.0 Å². The van der Waals surface area contributed by atoms with Gasteiger partial charge in [-0.15, -0.1) is 0 Å². The van der Waals surface area contributed by atoms with E-state index >= 15 is 0 Å². The summed E-state index contributed by atoms with van der Waals surface area (Å²) in [6.07, 6.45) is 2.76. The van der Waals surface area contributed by atoms with E-state index in [1.807, 2.05) is 6.92 Å². The highest BCUT2D eigenvalue weighted by Crippen LogP contribution is 2.24. The van der Waals surface area contributed by atoms with Crippen molar-refractivity contribution in [1.82, 2.24) is 14.5 Å². The Morgan fingerprint density at radius 2 is 2.08 bits per heavy atom. The molecule has 7 nitrogen and oxygen atoms in total. The molecule has 0 atom stereocenters. The fourth-order valence-corrected chi connectivity index (χ4v) is 4.23. The molecule has 1 aliphatic rings. The number of aromatic nitrogens is 2. The van der Waals surface area contributed by atoms with E-state index in [0.29, 0.717) is 0 Å². The summed E-state index contributed by atoms with van der Waals surface area (Å²) in [5, 5.41) is 4.34. The topological polar surface area (TPSA) is 90.3 Å². The van der Waals surface area contributed by atoms with Crippen LogP contribution in [0.25, 0.3) is 0 Å². The largest absolute Gasteiger partial charge is 0.495 e. The van der Waals surface area contributed by atoms with Crippen molar-refractivity contribution in [2.24, 2.45) is 0 Å². The van der Waals surface area contributed by atoms with Gasteiger partial charge in [0.2, 0.25) is 10.0 Å². The third-order valence-electron chi connectivity index (χ3n) is 4.25. The summed E-state index contributed by atoms with van der Waals surface area (Å²) in [6.45, 7) is 2.07. The molecular formula is C17H21N3O4S. The lowest BCUT2D eigenvalue weighted by Crippen LogP contribution is -2.32. The van der Waals surface area contributed by atoms with Crippen LogP contribution in [0.4, 0.5) is 0 Å². The number of rotatable bonds is 6. The van der Waals surface area contributed by atoms with Crippen LogP contribution >= 0.6 is 0 Å². The number of sulfonamides is 1. The summed E-state index contributed by atoms with van der Waals surface area (Å²) in [6, 6.07) is 6.57. The number of fused-ring (bicyclic) bond motifs is 1. The smallest absolute Gasteiger partial charge is 0.267 e. The summed E-state index contributed by atoms with van der Waals surface area (Å²) in [5.74, 6) is 0.283. The molecule has 2 aromatic rings. The standard InChI is InChI=1S/C17H21N3O4S/c1-12-6-7-15(24-2)16(10-12)25(22,23)18-8-9-20-17(21)11-13-4-3-5-14(13)19-20/h6-7,10-11,18H,3-5,8-9H2,1-2H3. The molecule has 25 heavy (non-hydrogen) atoms. The van der Waals surface area contributed by atoms with Gasteiger partial charge >= 0.3 is 0 Å². The van der Waals surface area contributed by atoms with Gasteiger partial charge in [0, 0.05) is 12.6 Å². The predicted molar refractivity (Wildman–Crippen MR) is 93.4 cm³/mol. The maximum atomic E-state index is 12.5. The number of aryl methyl sites for hydroxylation is 3. The van der Waals surface area contributed by atoms with Gasteiger partial charge in [-0.2, -0.15) is 5.10 Å². The van der Waals surface area contributed by atoms with Crippen LogP contribution < -0.4 is 15.0 Å². The van der Waals surface area contributed by atoms with Gasteiger partial charge in [0.05, 0.1) is 19.3 Å². The van der Waals surface area contributed by atoms with Crippen LogP contribution in [0.2, 0.25) is 0 Å². The Balaban J connectivity index is 1.74. The quantitative estimate of drug-likeness (QED) is 0.828. The second kappa shape index (κ2) is 6.97.